The van der Waals surface area contributed by atoms with Crippen LogP contribution in [-0.4, -0.2) is 55.0 Å². The number of hydrogen-bond acceptors (Lipinski definition) is 4. The molecule has 2 aliphatic rings. The van der Waals surface area contributed by atoms with Gasteiger partial charge in [-0.15, -0.1) is 0 Å². The Kier molecular flexibility index (Phi) is 5.85. The Balaban J connectivity index is 1.24. The molecule has 1 N–H and O–H groups in total. The highest BCUT2D eigenvalue weighted by atomic mass is 19.4. The molecule has 1 amide bonds. The molecule has 8 heteroatoms. The molecule has 1 saturated heterocycles. The first-order chi connectivity index (χ1) is 14.4. The monoisotopic (exact) mass is 419 g/mol. The normalized spacial score (nSPS) is 16.8. The van der Waals surface area contributed by atoms with Crippen LogP contribution in [0.3, 0.4) is 0 Å². The molecule has 0 unspecified atom stereocenters. The van der Waals surface area contributed by atoms with E-state index < -0.39 is 11.7 Å². The fourth-order valence-electron chi connectivity index (χ4n) is 3.85. The van der Waals surface area contributed by atoms with Crippen molar-refractivity contribution < 1.29 is 22.7 Å². The van der Waals surface area contributed by atoms with Gasteiger partial charge in [0.15, 0.2) is 0 Å². The van der Waals surface area contributed by atoms with Crippen LogP contribution >= 0.6 is 0 Å². The van der Waals surface area contributed by atoms with Crippen molar-refractivity contribution in [2.75, 3.05) is 44.6 Å². The number of carbonyl (C=O) groups is 1. The third-order valence-electron chi connectivity index (χ3n) is 5.52. The van der Waals surface area contributed by atoms with Crippen LogP contribution in [0.1, 0.15) is 16.7 Å². The summed E-state index contributed by atoms with van der Waals surface area (Å²) in [4.78, 5) is 16.5. The number of fused-ring (bicyclic) bond motifs is 1. The summed E-state index contributed by atoms with van der Waals surface area (Å²) >= 11 is 0. The maximum Gasteiger partial charge on any atom is 0.416 e. The Morgan fingerprint density at radius 2 is 1.87 bits per heavy atom. The van der Waals surface area contributed by atoms with Crippen molar-refractivity contribution in [1.82, 2.24) is 9.80 Å². The number of rotatable bonds is 5. The molecule has 1 fully saturated rings. The lowest BCUT2D eigenvalue weighted by molar-refractivity contribution is -0.137. The summed E-state index contributed by atoms with van der Waals surface area (Å²) in [6, 6.07) is 11.2. The van der Waals surface area contributed by atoms with Gasteiger partial charge in [-0.05, 0) is 35.4 Å². The molecular weight excluding hydrogens is 395 g/mol. The predicted octanol–water partition coefficient (Wildman–Crippen LogP) is 3.40. The van der Waals surface area contributed by atoms with E-state index in [-0.39, 0.29) is 18.1 Å². The van der Waals surface area contributed by atoms with E-state index in [9.17, 15) is 18.0 Å². The van der Waals surface area contributed by atoms with Gasteiger partial charge in [0.1, 0.15) is 5.75 Å². The largest absolute Gasteiger partial charge is 0.493 e. The molecule has 2 aliphatic heterocycles. The second-order valence-electron chi connectivity index (χ2n) is 7.63. The third kappa shape index (κ3) is 4.87. The molecule has 4 rings (SSSR count). The number of carbonyl (C=O) groups excluding carboxylic acids is 1. The first-order valence-electron chi connectivity index (χ1n) is 10.0. The second-order valence-corrected chi connectivity index (χ2v) is 7.63. The lowest BCUT2D eigenvalue weighted by Crippen LogP contribution is -2.49. The van der Waals surface area contributed by atoms with Crippen LogP contribution in [-0.2, 0) is 23.9 Å². The molecular formula is C22H24F3N3O2. The Hall–Kier alpha value is -2.74. The second kappa shape index (κ2) is 8.55. The zero-order valence-electron chi connectivity index (χ0n) is 16.5. The molecule has 0 spiro atoms. The molecule has 0 saturated carbocycles. The predicted molar refractivity (Wildman–Crippen MR) is 107 cm³/mol. The lowest BCUT2D eigenvalue weighted by atomic mass is 10.1. The summed E-state index contributed by atoms with van der Waals surface area (Å²) in [5.41, 5.74) is 2.05. The molecule has 0 atom stereocenters. The van der Waals surface area contributed by atoms with Gasteiger partial charge in [0, 0.05) is 44.8 Å². The maximum absolute atomic E-state index is 12.8. The van der Waals surface area contributed by atoms with Crippen LogP contribution in [0, 0.1) is 0 Å². The highest BCUT2D eigenvalue weighted by Crippen LogP contribution is 2.30. The highest BCUT2D eigenvalue weighted by molar-refractivity contribution is 5.81. The molecule has 5 nitrogen and oxygen atoms in total. The average molecular weight is 419 g/mol. The number of ether oxygens (including phenoxy) is 1. The lowest BCUT2D eigenvalue weighted by Gasteiger charge is -2.35. The van der Waals surface area contributed by atoms with E-state index in [1.54, 1.807) is 4.90 Å². The Morgan fingerprint density at radius 1 is 1.07 bits per heavy atom. The van der Waals surface area contributed by atoms with Crippen LogP contribution < -0.4 is 10.1 Å². The number of benzene rings is 2. The summed E-state index contributed by atoms with van der Waals surface area (Å²) in [7, 11) is 0. The van der Waals surface area contributed by atoms with E-state index >= 15 is 0 Å². The summed E-state index contributed by atoms with van der Waals surface area (Å²) in [5, 5.41) is 2.81. The Labute approximate surface area is 173 Å². The zero-order chi connectivity index (χ0) is 21.1. The van der Waals surface area contributed by atoms with Crippen molar-refractivity contribution in [2.24, 2.45) is 0 Å². The molecule has 30 heavy (non-hydrogen) atoms. The molecule has 0 bridgehead atoms. The van der Waals surface area contributed by atoms with Crippen molar-refractivity contribution >= 4 is 11.6 Å². The van der Waals surface area contributed by atoms with Crippen molar-refractivity contribution in [3.63, 3.8) is 0 Å². The Bertz CT molecular complexity index is 909. The summed E-state index contributed by atoms with van der Waals surface area (Å²) in [6.07, 6.45) is -3.45. The van der Waals surface area contributed by atoms with Crippen LogP contribution in [0.5, 0.6) is 5.75 Å². The molecule has 2 aromatic carbocycles. The number of anilines is 1. The van der Waals surface area contributed by atoms with Gasteiger partial charge >= 0.3 is 6.18 Å². The summed E-state index contributed by atoms with van der Waals surface area (Å²) in [6.45, 7) is 4.30. The van der Waals surface area contributed by atoms with Crippen LogP contribution in [0.25, 0.3) is 0 Å². The molecule has 2 heterocycles. The minimum Gasteiger partial charge on any atom is -0.493 e. The summed E-state index contributed by atoms with van der Waals surface area (Å²) < 4.78 is 43.9. The fraction of sp³-hybridized carbons (Fsp3) is 0.409. The van der Waals surface area contributed by atoms with Crippen LogP contribution in [0.2, 0.25) is 0 Å². The van der Waals surface area contributed by atoms with Crippen molar-refractivity contribution in [2.45, 2.75) is 19.1 Å². The molecule has 2 aromatic rings. The van der Waals surface area contributed by atoms with Crippen molar-refractivity contribution in [1.29, 1.82) is 0 Å². The van der Waals surface area contributed by atoms with Gasteiger partial charge in [-0.1, -0.05) is 18.2 Å². The number of alkyl halides is 3. The standard InChI is InChI=1S/C22H24F3N3O2/c23-22(24,25)18-2-1-3-19(13-18)26-14-21(29)28-9-7-27(8-10-28)15-16-4-5-20-17(12-16)6-11-30-20/h1-5,12-13,26H,6-11,14-15H2. The number of hydrogen-bond donors (Lipinski definition) is 1. The smallest absolute Gasteiger partial charge is 0.416 e. The zero-order valence-corrected chi connectivity index (χ0v) is 16.5. The maximum atomic E-state index is 12.8. The van der Waals surface area contributed by atoms with Gasteiger partial charge in [0.2, 0.25) is 5.91 Å². The van der Waals surface area contributed by atoms with Crippen LogP contribution in [0.4, 0.5) is 18.9 Å². The van der Waals surface area contributed by atoms with E-state index in [2.05, 4.69) is 22.3 Å². The van der Waals surface area contributed by atoms with E-state index in [1.165, 1.54) is 23.3 Å². The quantitative estimate of drug-likeness (QED) is 0.807. The number of amides is 1. The Morgan fingerprint density at radius 3 is 2.63 bits per heavy atom. The molecule has 0 radical (unpaired) electrons. The minimum absolute atomic E-state index is 0.0217. The average Bonchev–Trinajstić information content (AvgIpc) is 3.20. The topological polar surface area (TPSA) is 44.8 Å². The third-order valence-corrected chi connectivity index (χ3v) is 5.52. The number of piperazine rings is 1. The van der Waals surface area contributed by atoms with Gasteiger partial charge in [-0.2, -0.15) is 13.2 Å². The number of nitrogens with one attached hydrogen (secondary N) is 1. The first kappa shape index (κ1) is 20.5. The number of halogens is 3. The van der Waals surface area contributed by atoms with Gasteiger partial charge < -0.3 is 15.0 Å². The van der Waals surface area contributed by atoms with Crippen LogP contribution in [0.15, 0.2) is 42.5 Å². The summed E-state index contributed by atoms with van der Waals surface area (Å²) in [5.74, 6) is 0.865. The van der Waals surface area contributed by atoms with Crippen molar-refractivity contribution in [3.05, 3.63) is 59.2 Å². The molecule has 0 aromatic heterocycles. The van der Waals surface area contributed by atoms with Gasteiger partial charge in [-0.3, -0.25) is 9.69 Å². The SMILES string of the molecule is O=C(CNc1cccc(C(F)(F)F)c1)N1CCN(Cc2ccc3c(c2)CCO3)CC1. The molecule has 0 aliphatic carbocycles. The van der Waals surface area contributed by atoms with Gasteiger partial charge in [0.25, 0.3) is 0 Å². The van der Waals surface area contributed by atoms with E-state index in [4.69, 9.17) is 4.74 Å². The fourth-order valence-corrected chi connectivity index (χ4v) is 3.85. The first-order valence-corrected chi connectivity index (χ1v) is 10.0. The van der Waals surface area contributed by atoms with E-state index in [0.717, 1.165) is 50.5 Å². The molecule has 160 valence electrons. The minimum atomic E-state index is -4.40. The van der Waals surface area contributed by atoms with Gasteiger partial charge in [0.05, 0.1) is 18.7 Å². The van der Waals surface area contributed by atoms with E-state index in [0.29, 0.717) is 13.1 Å². The van der Waals surface area contributed by atoms with Crippen molar-refractivity contribution in [3.8, 4) is 5.75 Å². The number of nitrogens with zero attached hydrogens (tertiary/aromatic N) is 2. The van der Waals surface area contributed by atoms with E-state index in [1.807, 2.05) is 6.07 Å². The highest BCUT2D eigenvalue weighted by Gasteiger charge is 2.30. The van der Waals surface area contributed by atoms with Gasteiger partial charge in [-0.25, -0.2) is 0 Å².